The molecule has 2 rings (SSSR count). The van der Waals surface area contributed by atoms with E-state index in [0.717, 1.165) is 38.8 Å². The van der Waals surface area contributed by atoms with Gasteiger partial charge in [-0.05, 0) is 32.6 Å². The maximum absolute atomic E-state index is 11.5. The molecule has 0 aromatic heterocycles. The fourth-order valence-electron chi connectivity index (χ4n) is 2.50. The van der Waals surface area contributed by atoms with Gasteiger partial charge in [0.05, 0.1) is 12.5 Å². The second kappa shape index (κ2) is 5.64. The van der Waals surface area contributed by atoms with Crippen LogP contribution in [-0.2, 0) is 9.53 Å². The van der Waals surface area contributed by atoms with Crippen LogP contribution in [0.1, 0.15) is 32.6 Å². The molecule has 1 saturated heterocycles. The lowest BCUT2D eigenvalue weighted by Crippen LogP contribution is -2.58. The average Bonchev–Trinajstić information content (AvgIpc) is 2.25. The predicted octanol–water partition coefficient (Wildman–Crippen LogP) is 0.670. The molecule has 0 bridgehead atoms. The molecule has 16 heavy (non-hydrogen) atoms. The second-order valence-electron chi connectivity index (χ2n) is 4.82. The van der Waals surface area contributed by atoms with Crippen LogP contribution in [0, 0.1) is 5.92 Å². The third-order valence-corrected chi connectivity index (χ3v) is 3.60. The first-order valence-electron chi connectivity index (χ1n) is 6.43. The molecule has 1 aliphatic carbocycles. The van der Waals surface area contributed by atoms with Crippen LogP contribution in [0.4, 0.5) is 0 Å². The number of esters is 1. The van der Waals surface area contributed by atoms with Gasteiger partial charge in [-0.3, -0.25) is 4.79 Å². The Balaban J connectivity index is 1.67. The number of hydrogen-bond acceptors (Lipinski definition) is 4. The Kier molecular flexibility index (Phi) is 4.18. The van der Waals surface area contributed by atoms with Crippen molar-refractivity contribution in [1.82, 2.24) is 10.6 Å². The molecule has 1 aliphatic heterocycles. The predicted molar refractivity (Wildman–Crippen MR) is 62.2 cm³/mol. The molecule has 0 radical (unpaired) electrons. The zero-order chi connectivity index (χ0) is 11.4. The molecular formula is C12H22N2O2. The highest BCUT2D eigenvalue weighted by molar-refractivity contribution is 5.72. The highest BCUT2D eigenvalue weighted by Gasteiger charge is 2.29. The van der Waals surface area contributed by atoms with Crippen molar-refractivity contribution in [3.8, 4) is 0 Å². The van der Waals surface area contributed by atoms with Crippen LogP contribution >= 0.6 is 0 Å². The lowest BCUT2D eigenvalue weighted by atomic mass is 9.85. The van der Waals surface area contributed by atoms with Gasteiger partial charge in [-0.15, -0.1) is 0 Å². The molecule has 4 nitrogen and oxygen atoms in total. The highest BCUT2D eigenvalue weighted by atomic mass is 16.5. The molecule has 2 N–H and O–H groups in total. The van der Waals surface area contributed by atoms with Gasteiger partial charge in [0.25, 0.3) is 0 Å². The summed E-state index contributed by atoms with van der Waals surface area (Å²) in [6.45, 7) is 4.56. The topological polar surface area (TPSA) is 50.4 Å². The van der Waals surface area contributed by atoms with Crippen LogP contribution < -0.4 is 10.6 Å². The van der Waals surface area contributed by atoms with E-state index in [-0.39, 0.29) is 11.9 Å². The van der Waals surface area contributed by atoms with Crippen LogP contribution in [0.5, 0.6) is 0 Å². The van der Waals surface area contributed by atoms with E-state index in [1.165, 1.54) is 0 Å². The maximum Gasteiger partial charge on any atom is 0.308 e. The van der Waals surface area contributed by atoms with E-state index < -0.39 is 0 Å². The Hall–Kier alpha value is -0.610. The molecule has 0 aromatic rings. The molecule has 0 aromatic carbocycles. The zero-order valence-corrected chi connectivity index (χ0v) is 10.00. The molecule has 1 saturated carbocycles. The molecule has 0 spiro atoms. The van der Waals surface area contributed by atoms with Gasteiger partial charge < -0.3 is 15.4 Å². The number of rotatable bonds is 4. The lowest BCUT2D eigenvalue weighted by molar-refractivity contribution is -0.149. The van der Waals surface area contributed by atoms with Crippen molar-refractivity contribution >= 4 is 5.97 Å². The Morgan fingerprint density at radius 2 is 1.94 bits per heavy atom. The van der Waals surface area contributed by atoms with E-state index >= 15 is 0 Å². The maximum atomic E-state index is 11.5. The minimum absolute atomic E-state index is 0.00580. The monoisotopic (exact) mass is 226 g/mol. The van der Waals surface area contributed by atoms with Gasteiger partial charge in [0.15, 0.2) is 0 Å². The first-order chi connectivity index (χ1) is 7.79. The zero-order valence-electron chi connectivity index (χ0n) is 10.00. The summed E-state index contributed by atoms with van der Waals surface area (Å²) in [6, 6.07) is 1.27. The van der Waals surface area contributed by atoms with Gasteiger partial charge >= 0.3 is 5.97 Å². The van der Waals surface area contributed by atoms with Crippen LogP contribution in [0.25, 0.3) is 0 Å². The van der Waals surface area contributed by atoms with E-state index in [9.17, 15) is 4.79 Å². The number of ether oxygens (including phenoxy) is 1. The minimum atomic E-state index is 0.00580. The largest absolute Gasteiger partial charge is 0.466 e. The third kappa shape index (κ3) is 2.95. The van der Waals surface area contributed by atoms with E-state index in [1.54, 1.807) is 0 Å². The number of hydrogen-bond donors (Lipinski definition) is 2. The summed E-state index contributed by atoms with van der Waals surface area (Å²) in [7, 11) is 0. The van der Waals surface area contributed by atoms with Gasteiger partial charge in [-0.1, -0.05) is 0 Å². The minimum Gasteiger partial charge on any atom is -0.466 e. The Bertz CT molecular complexity index is 233. The quantitative estimate of drug-likeness (QED) is 0.692. The average molecular weight is 226 g/mol. The van der Waals surface area contributed by atoms with E-state index in [4.69, 9.17) is 4.74 Å². The van der Waals surface area contributed by atoms with E-state index in [2.05, 4.69) is 10.6 Å². The molecule has 0 amide bonds. The highest BCUT2D eigenvalue weighted by Crippen LogP contribution is 2.25. The van der Waals surface area contributed by atoms with Crippen molar-refractivity contribution < 1.29 is 9.53 Å². The fraction of sp³-hybridized carbons (Fsp3) is 0.917. The molecule has 2 aliphatic rings. The summed E-state index contributed by atoms with van der Waals surface area (Å²) in [4.78, 5) is 11.5. The first kappa shape index (κ1) is 11.9. The smallest absolute Gasteiger partial charge is 0.308 e. The van der Waals surface area contributed by atoms with Crippen LogP contribution in [0.15, 0.2) is 0 Å². The van der Waals surface area contributed by atoms with Gasteiger partial charge in [-0.2, -0.15) is 0 Å². The summed E-state index contributed by atoms with van der Waals surface area (Å²) >= 11 is 0. The normalized spacial score (nSPS) is 30.8. The van der Waals surface area contributed by atoms with Crippen molar-refractivity contribution in [1.29, 1.82) is 0 Å². The Labute approximate surface area is 97.1 Å². The van der Waals surface area contributed by atoms with Crippen LogP contribution in [-0.4, -0.2) is 37.7 Å². The first-order valence-corrected chi connectivity index (χ1v) is 6.43. The molecule has 92 valence electrons. The van der Waals surface area contributed by atoms with Crippen molar-refractivity contribution in [2.24, 2.45) is 5.92 Å². The summed E-state index contributed by atoms with van der Waals surface area (Å²) < 4.78 is 5.06. The number of carbonyl (C=O) groups is 1. The summed E-state index contributed by atoms with van der Waals surface area (Å²) in [5.41, 5.74) is 0. The summed E-state index contributed by atoms with van der Waals surface area (Å²) in [5, 5.41) is 6.89. The molecule has 1 heterocycles. The fourth-order valence-corrected chi connectivity index (χ4v) is 2.50. The molecular weight excluding hydrogens is 204 g/mol. The van der Waals surface area contributed by atoms with Gasteiger partial charge in [0.2, 0.25) is 0 Å². The van der Waals surface area contributed by atoms with Crippen molar-refractivity contribution in [2.75, 3.05) is 19.7 Å². The Morgan fingerprint density at radius 1 is 1.25 bits per heavy atom. The summed E-state index contributed by atoms with van der Waals surface area (Å²) in [5.74, 6) is 0.156. The van der Waals surface area contributed by atoms with Crippen LogP contribution in [0.3, 0.4) is 0 Å². The SMILES string of the molecule is CCOC(=O)C1CCC(NC2CNC2)CC1. The molecule has 0 unspecified atom stereocenters. The summed E-state index contributed by atoms with van der Waals surface area (Å²) in [6.07, 6.45) is 4.19. The number of carbonyl (C=O) groups excluding carboxylic acids is 1. The van der Waals surface area contributed by atoms with Crippen molar-refractivity contribution in [3.05, 3.63) is 0 Å². The molecule has 4 heteroatoms. The lowest BCUT2D eigenvalue weighted by Gasteiger charge is -2.35. The molecule has 0 atom stereocenters. The van der Waals surface area contributed by atoms with E-state index in [1.807, 2.05) is 6.92 Å². The van der Waals surface area contributed by atoms with Crippen molar-refractivity contribution in [2.45, 2.75) is 44.7 Å². The second-order valence-corrected chi connectivity index (χ2v) is 4.82. The van der Waals surface area contributed by atoms with Gasteiger partial charge in [0.1, 0.15) is 0 Å². The van der Waals surface area contributed by atoms with E-state index in [0.29, 0.717) is 18.7 Å². The van der Waals surface area contributed by atoms with Crippen molar-refractivity contribution in [3.63, 3.8) is 0 Å². The van der Waals surface area contributed by atoms with Gasteiger partial charge in [-0.25, -0.2) is 0 Å². The Morgan fingerprint density at radius 3 is 2.44 bits per heavy atom. The number of nitrogens with one attached hydrogen (secondary N) is 2. The third-order valence-electron chi connectivity index (χ3n) is 3.60. The van der Waals surface area contributed by atoms with Crippen LogP contribution in [0.2, 0.25) is 0 Å². The standard InChI is InChI=1S/C12H22N2O2/c1-2-16-12(15)9-3-5-10(6-4-9)14-11-7-13-8-11/h9-11,13-14H,2-8H2,1H3. The van der Waals surface area contributed by atoms with Gasteiger partial charge in [0, 0.05) is 25.2 Å². The molecule has 2 fully saturated rings.